The first-order valence-corrected chi connectivity index (χ1v) is 6.29. The largest absolute Gasteiger partial charge is 0.384 e. The number of hydrogen-bond donors (Lipinski definition) is 1. The van der Waals surface area contributed by atoms with Crippen molar-refractivity contribution in [2.24, 2.45) is 5.92 Å². The molecule has 0 aliphatic carbocycles. The van der Waals surface area contributed by atoms with Crippen LogP contribution < -0.4 is 0 Å². The minimum Gasteiger partial charge on any atom is -0.384 e. The summed E-state index contributed by atoms with van der Waals surface area (Å²) in [5.74, 6) is 1.68. The highest BCUT2D eigenvalue weighted by Crippen LogP contribution is 2.16. The average Bonchev–Trinajstić information content (AvgIpc) is 2.86. The zero-order chi connectivity index (χ0) is 14.0. The first-order valence-electron chi connectivity index (χ1n) is 6.29. The molecule has 7 heteroatoms. The molecule has 0 aliphatic rings. The van der Waals surface area contributed by atoms with E-state index in [1.807, 2.05) is 0 Å². The maximum Gasteiger partial charge on any atom is 0.248 e. The SMILES string of the molecule is CC(C)Cc1noc(Cn2cc(C(C)(C)O)nn2)n1. The van der Waals surface area contributed by atoms with Crippen LogP contribution >= 0.6 is 0 Å². The summed E-state index contributed by atoms with van der Waals surface area (Å²) < 4.78 is 6.72. The fraction of sp³-hybridized carbons (Fsp3) is 0.667. The summed E-state index contributed by atoms with van der Waals surface area (Å²) in [6, 6.07) is 0. The van der Waals surface area contributed by atoms with Gasteiger partial charge >= 0.3 is 0 Å². The molecule has 104 valence electrons. The van der Waals surface area contributed by atoms with Gasteiger partial charge in [-0.25, -0.2) is 4.68 Å². The van der Waals surface area contributed by atoms with E-state index in [0.29, 0.717) is 29.9 Å². The second-order valence-electron chi connectivity index (χ2n) is 5.56. The zero-order valence-corrected chi connectivity index (χ0v) is 11.7. The normalized spacial score (nSPS) is 12.3. The van der Waals surface area contributed by atoms with Crippen molar-refractivity contribution in [1.29, 1.82) is 0 Å². The highest BCUT2D eigenvalue weighted by atomic mass is 16.5. The van der Waals surface area contributed by atoms with E-state index in [4.69, 9.17) is 4.52 Å². The predicted octanol–water partition coefficient (Wildman–Crippen LogP) is 1.14. The minimum absolute atomic E-state index is 0.355. The molecule has 2 aromatic heterocycles. The van der Waals surface area contributed by atoms with Crippen LogP contribution in [0.2, 0.25) is 0 Å². The first-order chi connectivity index (χ1) is 8.84. The van der Waals surface area contributed by atoms with E-state index < -0.39 is 5.60 Å². The van der Waals surface area contributed by atoms with Crippen molar-refractivity contribution in [2.45, 2.75) is 46.3 Å². The van der Waals surface area contributed by atoms with Crippen LogP contribution in [0.25, 0.3) is 0 Å². The molecule has 0 saturated heterocycles. The third-order valence-electron chi connectivity index (χ3n) is 2.56. The summed E-state index contributed by atoms with van der Waals surface area (Å²) in [5, 5.41) is 21.6. The Morgan fingerprint density at radius 1 is 1.42 bits per heavy atom. The van der Waals surface area contributed by atoms with Crippen molar-refractivity contribution in [1.82, 2.24) is 25.1 Å². The molecule has 0 amide bonds. The summed E-state index contributed by atoms with van der Waals surface area (Å²) >= 11 is 0. The standard InChI is InChI=1S/C12H19N5O2/c1-8(2)5-10-13-11(19-15-10)7-17-6-9(14-16-17)12(3,4)18/h6,8,18H,5,7H2,1-4H3. The Morgan fingerprint density at radius 2 is 2.16 bits per heavy atom. The molecule has 0 aliphatic heterocycles. The van der Waals surface area contributed by atoms with E-state index in [1.165, 1.54) is 0 Å². The molecule has 0 fully saturated rings. The predicted molar refractivity (Wildman–Crippen MR) is 67.2 cm³/mol. The Balaban J connectivity index is 2.05. The highest BCUT2D eigenvalue weighted by molar-refractivity contribution is 5.03. The van der Waals surface area contributed by atoms with Crippen LogP contribution in [0.15, 0.2) is 10.7 Å². The molecular formula is C12H19N5O2. The molecule has 0 bridgehead atoms. The fourth-order valence-electron chi connectivity index (χ4n) is 1.60. The van der Waals surface area contributed by atoms with Crippen LogP contribution in [-0.2, 0) is 18.6 Å². The van der Waals surface area contributed by atoms with E-state index in [1.54, 1.807) is 24.7 Å². The lowest BCUT2D eigenvalue weighted by molar-refractivity contribution is 0.0737. The smallest absolute Gasteiger partial charge is 0.248 e. The van der Waals surface area contributed by atoms with Gasteiger partial charge < -0.3 is 9.63 Å². The van der Waals surface area contributed by atoms with Gasteiger partial charge in [-0.15, -0.1) is 5.10 Å². The van der Waals surface area contributed by atoms with Gasteiger partial charge in [0.15, 0.2) is 5.82 Å². The molecule has 19 heavy (non-hydrogen) atoms. The molecule has 1 N–H and O–H groups in total. The van der Waals surface area contributed by atoms with Crippen molar-refractivity contribution in [2.75, 3.05) is 0 Å². The van der Waals surface area contributed by atoms with E-state index in [2.05, 4.69) is 34.3 Å². The Hall–Kier alpha value is -1.76. The number of hydrogen-bond acceptors (Lipinski definition) is 6. The van der Waals surface area contributed by atoms with Crippen LogP contribution in [0.1, 0.15) is 45.1 Å². The van der Waals surface area contributed by atoms with Crippen LogP contribution in [0.4, 0.5) is 0 Å². The van der Waals surface area contributed by atoms with Gasteiger partial charge in [0, 0.05) is 6.42 Å². The number of rotatable bonds is 5. The van der Waals surface area contributed by atoms with Crippen molar-refractivity contribution in [3.8, 4) is 0 Å². The molecule has 0 unspecified atom stereocenters. The summed E-state index contributed by atoms with van der Waals surface area (Å²) in [6.45, 7) is 7.88. The zero-order valence-electron chi connectivity index (χ0n) is 11.7. The van der Waals surface area contributed by atoms with Crippen molar-refractivity contribution >= 4 is 0 Å². The van der Waals surface area contributed by atoms with E-state index >= 15 is 0 Å². The summed E-state index contributed by atoms with van der Waals surface area (Å²) in [4.78, 5) is 4.29. The lowest BCUT2D eigenvalue weighted by Gasteiger charge is -2.11. The van der Waals surface area contributed by atoms with Crippen molar-refractivity contribution in [3.05, 3.63) is 23.6 Å². The third kappa shape index (κ3) is 3.60. The molecule has 2 heterocycles. The van der Waals surface area contributed by atoms with Crippen molar-refractivity contribution in [3.63, 3.8) is 0 Å². The second kappa shape index (κ2) is 5.08. The Labute approximate surface area is 111 Å². The number of nitrogens with zero attached hydrogens (tertiary/aromatic N) is 5. The quantitative estimate of drug-likeness (QED) is 0.871. The molecule has 2 rings (SSSR count). The lowest BCUT2D eigenvalue weighted by atomic mass is 10.1. The Kier molecular flexibility index (Phi) is 3.66. The Bertz CT molecular complexity index is 538. The number of aromatic nitrogens is 5. The third-order valence-corrected chi connectivity index (χ3v) is 2.56. The Morgan fingerprint density at radius 3 is 2.74 bits per heavy atom. The van der Waals surface area contributed by atoms with Crippen molar-refractivity contribution < 1.29 is 9.63 Å². The summed E-state index contributed by atoms with van der Waals surface area (Å²) in [5.41, 5.74) is -0.495. The summed E-state index contributed by atoms with van der Waals surface area (Å²) in [6.07, 6.45) is 2.46. The fourth-order valence-corrected chi connectivity index (χ4v) is 1.60. The lowest BCUT2D eigenvalue weighted by Crippen LogP contribution is -2.15. The maximum absolute atomic E-state index is 9.80. The van der Waals surface area contributed by atoms with Gasteiger partial charge in [-0.3, -0.25) is 0 Å². The van der Waals surface area contributed by atoms with Gasteiger partial charge in [-0.2, -0.15) is 4.98 Å². The molecule has 0 spiro atoms. The maximum atomic E-state index is 9.80. The van der Waals surface area contributed by atoms with Gasteiger partial charge in [0.05, 0.1) is 6.20 Å². The van der Waals surface area contributed by atoms with Gasteiger partial charge in [0.1, 0.15) is 17.8 Å². The molecule has 2 aromatic rings. The van der Waals surface area contributed by atoms with Crippen LogP contribution in [0.3, 0.4) is 0 Å². The summed E-state index contributed by atoms with van der Waals surface area (Å²) in [7, 11) is 0. The van der Waals surface area contributed by atoms with Gasteiger partial charge in [-0.1, -0.05) is 24.2 Å². The molecule has 0 aromatic carbocycles. The van der Waals surface area contributed by atoms with Gasteiger partial charge in [0.2, 0.25) is 5.89 Å². The molecule has 7 nitrogen and oxygen atoms in total. The monoisotopic (exact) mass is 265 g/mol. The van der Waals surface area contributed by atoms with Gasteiger partial charge in [0.25, 0.3) is 0 Å². The van der Waals surface area contributed by atoms with Gasteiger partial charge in [-0.05, 0) is 19.8 Å². The van der Waals surface area contributed by atoms with E-state index in [-0.39, 0.29) is 0 Å². The van der Waals surface area contributed by atoms with E-state index in [0.717, 1.165) is 6.42 Å². The minimum atomic E-state index is -1.00. The van der Waals surface area contributed by atoms with Crippen LogP contribution in [-0.4, -0.2) is 30.2 Å². The first kappa shape index (κ1) is 13.7. The van der Waals surface area contributed by atoms with Crippen LogP contribution in [0, 0.1) is 5.92 Å². The number of aliphatic hydroxyl groups is 1. The second-order valence-corrected chi connectivity index (χ2v) is 5.56. The highest BCUT2D eigenvalue weighted by Gasteiger charge is 2.20. The molecule has 0 atom stereocenters. The topological polar surface area (TPSA) is 89.9 Å². The molecular weight excluding hydrogens is 246 g/mol. The van der Waals surface area contributed by atoms with E-state index in [9.17, 15) is 5.11 Å². The molecule has 0 radical (unpaired) electrons. The van der Waals surface area contributed by atoms with Crippen LogP contribution in [0.5, 0.6) is 0 Å². The average molecular weight is 265 g/mol. The molecule has 0 saturated carbocycles.